The average Bonchev–Trinajstić information content (AvgIpc) is 3.38. The van der Waals surface area contributed by atoms with Crippen molar-refractivity contribution in [2.24, 2.45) is 5.41 Å². The molecule has 1 aromatic rings. The lowest BCUT2D eigenvalue weighted by Crippen LogP contribution is -2.43. The molecule has 1 atom stereocenters. The molecule has 3 fully saturated rings. The van der Waals surface area contributed by atoms with Crippen LogP contribution in [0.15, 0.2) is 12.1 Å². The van der Waals surface area contributed by atoms with Gasteiger partial charge in [-0.3, -0.25) is 19.3 Å². The smallest absolute Gasteiger partial charge is 0.339 e. The van der Waals surface area contributed by atoms with Crippen LogP contribution < -0.4 is 4.90 Å². The Balaban J connectivity index is 0.000000618. The summed E-state index contributed by atoms with van der Waals surface area (Å²) in [5, 5.41) is 23.3. The Morgan fingerprint density at radius 1 is 1.09 bits per heavy atom. The molecular weight excluding hydrogens is 448 g/mol. The number of carboxylic acid groups (broad SMARTS) is 3. The summed E-state index contributed by atoms with van der Waals surface area (Å²) in [6.07, 6.45) is 1.59. The van der Waals surface area contributed by atoms with Crippen LogP contribution in [0.3, 0.4) is 0 Å². The van der Waals surface area contributed by atoms with Gasteiger partial charge in [-0.05, 0) is 31.9 Å². The van der Waals surface area contributed by atoms with Crippen LogP contribution >= 0.6 is 0 Å². The minimum atomic E-state index is -0.978. The van der Waals surface area contributed by atoms with Crippen LogP contribution in [0.5, 0.6) is 0 Å². The van der Waals surface area contributed by atoms with Gasteiger partial charge in [-0.1, -0.05) is 0 Å². The zero-order valence-corrected chi connectivity index (χ0v) is 19.3. The number of pyridine rings is 1. The van der Waals surface area contributed by atoms with Crippen LogP contribution in [-0.2, 0) is 19.1 Å². The van der Waals surface area contributed by atoms with E-state index >= 15 is 0 Å². The molecule has 3 N–H and O–H groups in total. The zero-order valence-electron chi connectivity index (χ0n) is 19.3. The molecule has 12 nitrogen and oxygen atoms in total. The molecule has 4 heterocycles. The molecule has 3 aliphatic heterocycles. The summed E-state index contributed by atoms with van der Waals surface area (Å²) in [6.45, 7) is 8.39. The maximum Gasteiger partial charge on any atom is 0.339 e. The molecule has 0 aliphatic carbocycles. The third-order valence-corrected chi connectivity index (χ3v) is 6.29. The van der Waals surface area contributed by atoms with E-state index in [2.05, 4.69) is 9.88 Å². The number of likely N-dealkylation sites (tertiary alicyclic amines) is 1. The molecule has 0 bridgehead atoms. The lowest BCUT2D eigenvalue weighted by atomic mass is 9.85. The number of aryl methyl sites for hydroxylation is 1. The van der Waals surface area contributed by atoms with Gasteiger partial charge in [-0.15, -0.1) is 0 Å². The topological polar surface area (TPSA) is 161 Å². The molecule has 34 heavy (non-hydrogen) atoms. The minimum Gasteiger partial charge on any atom is -0.483 e. The molecule has 1 spiro atoms. The molecule has 3 saturated heterocycles. The Morgan fingerprint density at radius 2 is 1.71 bits per heavy atom. The van der Waals surface area contributed by atoms with Gasteiger partial charge in [0.1, 0.15) is 11.4 Å². The van der Waals surface area contributed by atoms with Gasteiger partial charge in [0, 0.05) is 51.5 Å². The van der Waals surface area contributed by atoms with E-state index < -0.39 is 11.4 Å². The van der Waals surface area contributed by atoms with E-state index in [-0.39, 0.29) is 24.4 Å². The van der Waals surface area contributed by atoms with Crippen molar-refractivity contribution in [3.8, 4) is 0 Å². The molecule has 188 valence electrons. The van der Waals surface area contributed by atoms with Gasteiger partial charge >= 0.3 is 5.97 Å². The first-order valence-corrected chi connectivity index (χ1v) is 11.0. The average molecular weight is 481 g/mol. The fraction of sp³-hybridized carbons (Fsp3) is 0.591. The largest absolute Gasteiger partial charge is 0.483 e. The van der Waals surface area contributed by atoms with Crippen molar-refractivity contribution in [1.82, 2.24) is 14.8 Å². The van der Waals surface area contributed by atoms with Crippen molar-refractivity contribution in [2.45, 2.75) is 19.8 Å². The fourth-order valence-electron chi connectivity index (χ4n) is 4.58. The molecule has 1 aromatic heterocycles. The second kappa shape index (κ2) is 12.8. The van der Waals surface area contributed by atoms with Gasteiger partial charge in [0.05, 0.1) is 18.6 Å². The van der Waals surface area contributed by atoms with E-state index in [9.17, 15) is 14.7 Å². The number of aromatic nitrogens is 1. The summed E-state index contributed by atoms with van der Waals surface area (Å²) >= 11 is 0. The van der Waals surface area contributed by atoms with Gasteiger partial charge in [-0.25, -0.2) is 9.78 Å². The Hall–Kier alpha value is -3.25. The normalized spacial score (nSPS) is 22.0. The van der Waals surface area contributed by atoms with Crippen molar-refractivity contribution in [3.63, 3.8) is 0 Å². The van der Waals surface area contributed by atoms with E-state index in [1.165, 1.54) is 0 Å². The molecule has 4 rings (SSSR count). The van der Waals surface area contributed by atoms with Crippen molar-refractivity contribution in [3.05, 3.63) is 23.4 Å². The monoisotopic (exact) mass is 480 g/mol. The molecule has 0 radical (unpaired) electrons. The minimum absolute atomic E-state index is 0.206. The van der Waals surface area contributed by atoms with E-state index in [0.717, 1.165) is 64.5 Å². The molecule has 1 unspecified atom stereocenters. The predicted molar refractivity (Wildman–Crippen MR) is 121 cm³/mol. The number of hydrogen-bond acceptors (Lipinski definition) is 8. The lowest BCUT2D eigenvalue weighted by molar-refractivity contribution is -0.135. The van der Waals surface area contributed by atoms with Crippen LogP contribution in [0.4, 0.5) is 5.82 Å². The quantitative estimate of drug-likeness (QED) is 0.496. The van der Waals surface area contributed by atoms with Crippen molar-refractivity contribution in [1.29, 1.82) is 0 Å². The van der Waals surface area contributed by atoms with Crippen LogP contribution in [0.1, 0.15) is 28.9 Å². The number of ether oxygens (including phenoxy) is 1. The standard InChI is InChI=1S/C20H28N4O4.2CH2O2/c1-15-2-3-16(18(25)26)17(21-15)24-7-5-20(14-24)4-6-23(19(20)27)9-8-22-10-12-28-13-11-22;2*2-1-3/h2-3H,4-14H2,1H3,(H,25,26);2*1H,(H,2,3). The number of aromatic carboxylic acids is 1. The number of morpholine rings is 1. The van der Waals surface area contributed by atoms with E-state index in [1.54, 1.807) is 12.1 Å². The molecule has 1 amide bonds. The summed E-state index contributed by atoms with van der Waals surface area (Å²) in [5.74, 6) is -0.273. The highest BCUT2D eigenvalue weighted by molar-refractivity contribution is 5.94. The van der Waals surface area contributed by atoms with Gasteiger partial charge in [0.25, 0.3) is 12.9 Å². The fourth-order valence-corrected chi connectivity index (χ4v) is 4.58. The van der Waals surface area contributed by atoms with Crippen molar-refractivity contribution in [2.75, 3.05) is 63.9 Å². The van der Waals surface area contributed by atoms with Crippen LogP contribution in [0, 0.1) is 12.3 Å². The van der Waals surface area contributed by atoms with Gasteiger partial charge < -0.3 is 29.9 Å². The maximum atomic E-state index is 13.2. The highest BCUT2D eigenvalue weighted by atomic mass is 16.5. The van der Waals surface area contributed by atoms with Crippen LogP contribution in [0.25, 0.3) is 0 Å². The lowest BCUT2D eigenvalue weighted by Gasteiger charge is -2.29. The Labute approximate surface area is 197 Å². The third-order valence-electron chi connectivity index (χ3n) is 6.29. The van der Waals surface area contributed by atoms with E-state index in [1.807, 2.05) is 16.7 Å². The Kier molecular flexibility index (Phi) is 10.2. The first-order valence-electron chi connectivity index (χ1n) is 11.0. The second-order valence-electron chi connectivity index (χ2n) is 8.29. The predicted octanol–water partition coefficient (Wildman–Crippen LogP) is 0.251. The molecule has 3 aliphatic rings. The summed E-state index contributed by atoms with van der Waals surface area (Å²) in [7, 11) is 0. The summed E-state index contributed by atoms with van der Waals surface area (Å²) in [6, 6.07) is 3.32. The van der Waals surface area contributed by atoms with E-state index in [4.69, 9.17) is 24.5 Å². The number of hydrogen-bond donors (Lipinski definition) is 3. The number of carbonyl (C=O) groups excluding carboxylic acids is 1. The number of carboxylic acids is 1. The van der Waals surface area contributed by atoms with Gasteiger partial charge in [-0.2, -0.15) is 0 Å². The number of nitrogens with zero attached hydrogens (tertiary/aromatic N) is 4. The van der Waals surface area contributed by atoms with Crippen LogP contribution in [-0.4, -0.2) is 114 Å². The number of carbonyl (C=O) groups is 4. The molecule has 0 saturated carbocycles. The number of rotatable bonds is 5. The maximum absolute atomic E-state index is 13.2. The summed E-state index contributed by atoms with van der Waals surface area (Å²) in [5.41, 5.74) is 0.592. The second-order valence-corrected chi connectivity index (χ2v) is 8.29. The molecule has 0 aromatic carbocycles. The molecule has 12 heteroatoms. The highest BCUT2D eigenvalue weighted by Gasteiger charge is 2.51. The van der Waals surface area contributed by atoms with Gasteiger partial charge in [0.2, 0.25) is 5.91 Å². The van der Waals surface area contributed by atoms with Gasteiger partial charge in [0.15, 0.2) is 0 Å². The van der Waals surface area contributed by atoms with Crippen molar-refractivity contribution < 1.29 is 39.2 Å². The number of amides is 1. The molecular formula is C22H32N4O8. The zero-order chi connectivity index (χ0) is 25.1. The SMILES string of the molecule is Cc1ccc(C(=O)O)c(N2CCC3(CCN(CCN4CCOCC4)C3=O)C2)n1.O=CO.O=CO. The summed E-state index contributed by atoms with van der Waals surface area (Å²) < 4.78 is 5.38. The van der Waals surface area contributed by atoms with Crippen LogP contribution in [0.2, 0.25) is 0 Å². The summed E-state index contributed by atoms with van der Waals surface area (Å²) in [4.78, 5) is 52.3. The highest BCUT2D eigenvalue weighted by Crippen LogP contribution is 2.42. The Bertz CT molecular complexity index is 855. The Morgan fingerprint density at radius 3 is 2.32 bits per heavy atom. The first-order chi connectivity index (χ1) is 16.3. The number of anilines is 1. The van der Waals surface area contributed by atoms with Crippen molar-refractivity contribution >= 4 is 30.6 Å². The third kappa shape index (κ3) is 6.64. The first kappa shape index (κ1) is 27.0. The van der Waals surface area contributed by atoms with E-state index in [0.29, 0.717) is 18.9 Å².